The highest BCUT2D eigenvalue weighted by atomic mass is 16.1. The van der Waals surface area contributed by atoms with Gasteiger partial charge in [-0.05, 0) is 67.6 Å². The lowest BCUT2D eigenvalue weighted by Crippen LogP contribution is -2.36. The van der Waals surface area contributed by atoms with Crippen molar-refractivity contribution in [1.29, 1.82) is 0 Å². The van der Waals surface area contributed by atoms with Gasteiger partial charge in [-0.25, -0.2) is 0 Å². The van der Waals surface area contributed by atoms with Crippen LogP contribution in [0.5, 0.6) is 0 Å². The third kappa shape index (κ3) is 6.39. The van der Waals surface area contributed by atoms with Crippen molar-refractivity contribution in [3.8, 4) is 0 Å². The minimum Gasteiger partial charge on any atom is -0.356 e. The number of carbonyl (C=O) groups is 2. The van der Waals surface area contributed by atoms with E-state index in [-0.39, 0.29) is 17.6 Å². The smallest absolute Gasteiger partial charge is 0.221 e. The number of carbonyl (C=O) groups excluding carboxylic acids is 2. The second kappa shape index (κ2) is 11.1. The van der Waals surface area contributed by atoms with Crippen molar-refractivity contribution in [1.82, 2.24) is 10.2 Å². The summed E-state index contributed by atoms with van der Waals surface area (Å²) in [6.45, 7) is 8.55. The van der Waals surface area contributed by atoms with E-state index in [1.54, 1.807) is 0 Å². The average molecular weight is 414 g/mol. The Labute approximate surface area is 181 Å². The number of ketones is 1. The summed E-state index contributed by atoms with van der Waals surface area (Å²) in [6, 6.07) is 6.34. The van der Waals surface area contributed by atoms with Crippen molar-refractivity contribution < 1.29 is 9.59 Å². The van der Waals surface area contributed by atoms with Gasteiger partial charge in [-0.3, -0.25) is 9.59 Å². The fraction of sp³-hybridized carbons (Fsp3) is 0.680. The summed E-state index contributed by atoms with van der Waals surface area (Å²) in [5.74, 6) is 1.76. The van der Waals surface area contributed by atoms with Gasteiger partial charge in [0.05, 0.1) is 0 Å². The number of fused-ring (bicyclic) bond motifs is 1. The molecule has 1 amide bonds. The standard InChI is InChI=1S/C25H39N3O2/c1-18(2)25(30)23-8-7-21-10-13-28(14-11-22(21)15-23)17-20-5-3-19(4-6-20)16-27-24(29)9-12-26/h7-8,15,18-20H,3-6,9-14,16-17,26H2,1-2H3,(H,27,29). The number of nitrogens with one attached hydrogen (secondary N) is 1. The van der Waals surface area contributed by atoms with Crippen LogP contribution in [0.1, 0.15) is 67.4 Å². The lowest BCUT2D eigenvalue weighted by Gasteiger charge is -2.32. The van der Waals surface area contributed by atoms with Crippen molar-refractivity contribution in [2.45, 2.75) is 58.8 Å². The van der Waals surface area contributed by atoms with E-state index >= 15 is 0 Å². The summed E-state index contributed by atoms with van der Waals surface area (Å²) in [7, 11) is 0. The van der Waals surface area contributed by atoms with Gasteiger partial charge < -0.3 is 16.0 Å². The van der Waals surface area contributed by atoms with Crippen LogP contribution in [0.25, 0.3) is 0 Å². The van der Waals surface area contributed by atoms with Gasteiger partial charge in [-0.2, -0.15) is 0 Å². The Balaban J connectivity index is 1.44. The predicted molar refractivity (Wildman–Crippen MR) is 122 cm³/mol. The van der Waals surface area contributed by atoms with Crippen LogP contribution in [0.15, 0.2) is 18.2 Å². The van der Waals surface area contributed by atoms with Crippen LogP contribution in [0.4, 0.5) is 0 Å². The topological polar surface area (TPSA) is 75.4 Å². The zero-order chi connectivity index (χ0) is 21.5. The normalized spacial score (nSPS) is 22.4. The summed E-state index contributed by atoms with van der Waals surface area (Å²) in [5, 5.41) is 3.03. The summed E-state index contributed by atoms with van der Waals surface area (Å²) in [4.78, 5) is 26.6. The minimum atomic E-state index is 0.0504. The summed E-state index contributed by atoms with van der Waals surface area (Å²) in [5.41, 5.74) is 9.08. The summed E-state index contributed by atoms with van der Waals surface area (Å²) < 4.78 is 0. The first-order valence-electron chi connectivity index (χ1n) is 11.8. The SMILES string of the molecule is CC(C)C(=O)c1ccc2c(c1)CCN(CC1CCC(CNC(=O)CCN)CC1)CC2. The van der Waals surface area contributed by atoms with Crippen LogP contribution in [0.3, 0.4) is 0 Å². The monoisotopic (exact) mass is 413 g/mol. The molecular weight excluding hydrogens is 374 g/mol. The third-order valence-electron chi connectivity index (χ3n) is 6.85. The largest absolute Gasteiger partial charge is 0.356 e. The Morgan fingerprint density at radius 2 is 1.73 bits per heavy atom. The zero-order valence-electron chi connectivity index (χ0n) is 18.8. The first-order chi connectivity index (χ1) is 14.5. The molecule has 1 aliphatic carbocycles. The van der Waals surface area contributed by atoms with E-state index in [1.807, 2.05) is 19.9 Å². The Kier molecular flexibility index (Phi) is 8.46. The van der Waals surface area contributed by atoms with E-state index < -0.39 is 0 Å². The molecule has 166 valence electrons. The Morgan fingerprint density at radius 1 is 1.07 bits per heavy atom. The summed E-state index contributed by atoms with van der Waals surface area (Å²) in [6.07, 6.45) is 7.48. The number of hydrogen-bond acceptors (Lipinski definition) is 4. The molecule has 5 heteroatoms. The van der Waals surface area contributed by atoms with Gasteiger partial charge in [-0.15, -0.1) is 0 Å². The van der Waals surface area contributed by atoms with Crippen LogP contribution >= 0.6 is 0 Å². The highest BCUT2D eigenvalue weighted by Crippen LogP contribution is 2.30. The molecule has 2 aliphatic rings. The maximum atomic E-state index is 12.3. The second-order valence-electron chi connectivity index (χ2n) is 9.53. The van der Waals surface area contributed by atoms with Crippen molar-refractivity contribution in [3.05, 3.63) is 34.9 Å². The second-order valence-corrected chi connectivity index (χ2v) is 9.53. The quantitative estimate of drug-likeness (QED) is 0.642. The number of nitrogens with two attached hydrogens (primary N) is 1. The predicted octanol–water partition coefficient (Wildman–Crippen LogP) is 3.20. The van der Waals surface area contributed by atoms with E-state index in [1.165, 1.54) is 43.4 Å². The number of nitrogens with zero attached hydrogens (tertiary/aromatic N) is 1. The summed E-state index contributed by atoms with van der Waals surface area (Å²) >= 11 is 0. The van der Waals surface area contributed by atoms with Crippen molar-refractivity contribution in [2.75, 3.05) is 32.7 Å². The molecule has 0 radical (unpaired) electrons. The van der Waals surface area contributed by atoms with Crippen molar-refractivity contribution >= 4 is 11.7 Å². The molecule has 1 aromatic carbocycles. The van der Waals surface area contributed by atoms with Gasteiger partial charge in [-0.1, -0.05) is 26.0 Å². The minimum absolute atomic E-state index is 0.0504. The van der Waals surface area contributed by atoms with Crippen LogP contribution in [-0.2, 0) is 17.6 Å². The van der Waals surface area contributed by atoms with Gasteiger partial charge >= 0.3 is 0 Å². The van der Waals surface area contributed by atoms with Crippen LogP contribution in [0, 0.1) is 17.8 Å². The molecule has 1 heterocycles. The van der Waals surface area contributed by atoms with Gasteiger partial charge in [0.1, 0.15) is 0 Å². The Morgan fingerprint density at radius 3 is 2.40 bits per heavy atom. The van der Waals surface area contributed by atoms with Crippen LogP contribution in [0.2, 0.25) is 0 Å². The first-order valence-corrected chi connectivity index (χ1v) is 11.8. The first kappa shape index (κ1) is 23.0. The number of hydrogen-bond donors (Lipinski definition) is 2. The molecule has 3 N–H and O–H groups in total. The molecule has 5 nitrogen and oxygen atoms in total. The average Bonchev–Trinajstić information content (AvgIpc) is 2.94. The fourth-order valence-corrected chi connectivity index (χ4v) is 4.90. The molecule has 0 spiro atoms. The Hall–Kier alpha value is -1.72. The van der Waals surface area contributed by atoms with Crippen molar-refractivity contribution in [2.24, 2.45) is 23.5 Å². The molecule has 0 aromatic heterocycles. The molecule has 1 saturated carbocycles. The number of Topliss-reactive ketones (excluding diaryl/α,β-unsaturated/α-hetero) is 1. The lowest BCUT2D eigenvalue weighted by molar-refractivity contribution is -0.121. The number of benzene rings is 1. The molecule has 1 aromatic rings. The van der Waals surface area contributed by atoms with E-state index in [4.69, 9.17) is 5.73 Å². The highest BCUT2D eigenvalue weighted by molar-refractivity contribution is 5.97. The zero-order valence-corrected chi connectivity index (χ0v) is 18.8. The third-order valence-corrected chi connectivity index (χ3v) is 6.85. The van der Waals surface area contributed by atoms with E-state index in [2.05, 4.69) is 22.3 Å². The van der Waals surface area contributed by atoms with Gasteiger partial charge in [0.15, 0.2) is 5.78 Å². The molecule has 3 rings (SSSR count). The molecule has 0 unspecified atom stereocenters. The van der Waals surface area contributed by atoms with E-state index in [0.717, 1.165) is 44.0 Å². The van der Waals surface area contributed by atoms with Gasteiger partial charge in [0, 0.05) is 50.6 Å². The van der Waals surface area contributed by atoms with Crippen molar-refractivity contribution in [3.63, 3.8) is 0 Å². The molecule has 1 aliphatic heterocycles. The molecule has 0 atom stereocenters. The van der Waals surface area contributed by atoms with Gasteiger partial charge in [0.25, 0.3) is 0 Å². The Bertz CT molecular complexity index is 723. The highest BCUT2D eigenvalue weighted by Gasteiger charge is 2.24. The van der Waals surface area contributed by atoms with Gasteiger partial charge in [0.2, 0.25) is 5.91 Å². The molecule has 1 fully saturated rings. The van der Waals surface area contributed by atoms with Crippen LogP contribution in [-0.4, -0.2) is 49.3 Å². The molecule has 0 bridgehead atoms. The molecule has 30 heavy (non-hydrogen) atoms. The molecule has 0 saturated heterocycles. The number of rotatable bonds is 8. The number of amides is 1. The lowest BCUT2D eigenvalue weighted by atomic mass is 9.81. The van der Waals surface area contributed by atoms with E-state index in [0.29, 0.717) is 18.9 Å². The van der Waals surface area contributed by atoms with E-state index in [9.17, 15) is 9.59 Å². The van der Waals surface area contributed by atoms with Crippen LogP contribution < -0.4 is 11.1 Å². The molecular formula is C25H39N3O2. The maximum Gasteiger partial charge on any atom is 0.221 e. The maximum absolute atomic E-state index is 12.3. The fourth-order valence-electron chi connectivity index (χ4n) is 4.90.